The summed E-state index contributed by atoms with van der Waals surface area (Å²) in [6.07, 6.45) is 3.46. The predicted molar refractivity (Wildman–Crippen MR) is 102 cm³/mol. The third kappa shape index (κ3) is 4.39. The summed E-state index contributed by atoms with van der Waals surface area (Å²) in [7, 11) is 3.20. The van der Waals surface area contributed by atoms with Gasteiger partial charge in [-0.25, -0.2) is 14.8 Å². The Morgan fingerprint density at radius 2 is 1.74 bits per heavy atom. The normalized spacial score (nSPS) is 15.2. The van der Waals surface area contributed by atoms with E-state index < -0.39 is 0 Å². The summed E-state index contributed by atoms with van der Waals surface area (Å²) in [6.45, 7) is 4.63. The molecule has 2 amide bonds. The van der Waals surface area contributed by atoms with Gasteiger partial charge in [-0.3, -0.25) is 0 Å². The molecule has 1 aliphatic heterocycles. The summed E-state index contributed by atoms with van der Waals surface area (Å²) < 4.78 is 10.6. The first-order chi connectivity index (χ1) is 13.1. The van der Waals surface area contributed by atoms with Gasteiger partial charge in [0.2, 0.25) is 5.95 Å². The number of ether oxygens (including phenoxy) is 2. The van der Waals surface area contributed by atoms with E-state index in [9.17, 15) is 4.79 Å². The zero-order valence-electron chi connectivity index (χ0n) is 15.9. The van der Waals surface area contributed by atoms with Gasteiger partial charge < -0.3 is 24.6 Å². The molecule has 0 spiro atoms. The van der Waals surface area contributed by atoms with Crippen LogP contribution in [0.1, 0.15) is 18.5 Å². The number of methoxy groups -OCH3 is 2. The molecule has 1 fully saturated rings. The van der Waals surface area contributed by atoms with Crippen LogP contribution in [0.3, 0.4) is 0 Å². The molecule has 27 heavy (non-hydrogen) atoms. The largest absolute Gasteiger partial charge is 0.493 e. The molecule has 0 aliphatic carbocycles. The van der Waals surface area contributed by atoms with Gasteiger partial charge >= 0.3 is 6.03 Å². The Hall–Kier alpha value is -3.03. The highest BCUT2D eigenvalue weighted by molar-refractivity contribution is 5.75. The van der Waals surface area contributed by atoms with Crippen molar-refractivity contribution >= 4 is 12.0 Å². The standard InChI is InChI=1S/C19H25N5O3/c1-14(15-5-6-16(26-2)17(13-15)27-3)22-19(25)24-11-9-23(10-12-24)18-20-7-4-8-21-18/h4-8,13-14H,9-12H2,1-3H3,(H,22,25). The Kier molecular flexibility index (Phi) is 5.95. The molecular formula is C19H25N5O3. The van der Waals surface area contributed by atoms with E-state index >= 15 is 0 Å². The van der Waals surface area contributed by atoms with Crippen LogP contribution in [0.4, 0.5) is 10.7 Å². The number of amides is 2. The van der Waals surface area contributed by atoms with Gasteiger partial charge in [-0.1, -0.05) is 6.07 Å². The van der Waals surface area contributed by atoms with Crippen LogP contribution in [0.2, 0.25) is 0 Å². The minimum atomic E-state index is -0.146. The maximum atomic E-state index is 12.6. The number of urea groups is 1. The first-order valence-corrected chi connectivity index (χ1v) is 8.91. The lowest BCUT2D eigenvalue weighted by atomic mass is 10.1. The predicted octanol–water partition coefficient (Wildman–Crippen LogP) is 2.09. The number of benzene rings is 1. The van der Waals surface area contributed by atoms with E-state index in [1.807, 2.05) is 30.0 Å². The Bertz CT molecular complexity index is 763. The molecule has 0 saturated carbocycles. The van der Waals surface area contributed by atoms with Crippen LogP contribution in [0.5, 0.6) is 11.5 Å². The lowest BCUT2D eigenvalue weighted by Gasteiger charge is -2.35. The molecule has 1 saturated heterocycles. The van der Waals surface area contributed by atoms with E-state index in [1.54, 1.807) is 32.7 Å². The van der Waals surface area contributed by atoms with Crippen molar-refractivity contribution in [2.45, 2.75) is 13.0 Å². The van der Waals surface area contributed by atoms with E-state index in [0.29, 0.717) is 43.6 Å². The number of hydrogen-bond donors (Lipinski definition) is 1. The van der Waals surface area contributed by atoms with Crippen molar-refractivity contribution < 1.29 is 14.3 Å². The molecule has 1 aromatic carbocycles. The lowest BCUT2D eigenvalue weighted by Crippen LogP contribution is -2.52. The Morgan fingerprint density at radius 3 is 2.37 bits per heavy atom. The summed E-state index contributed by atoms with van der Waals surface area (Å²) >= 11 is 0. The molecule has 1 N–H and O–H groups in total. The lowest BCUT2D eigenvalue weighted by molar-refractivity contribution is 0.191. The van der Waals surface area contributed by atoms with Gasteiger partial charge in [0, 0.05) is 38.6 Å². The second-order valence-corrected chi connectivity index (χ2v) is 6.31. The van der Waals surface area contributed by atoms with Gasteiger partial charge in [-0.15, -0.1) is 0 Å². The third-order valence-corrected chi connectivity index (χ3v) is 4.65. The van der Waals surface area contributed by atoms with Crippen molar-refractivity contribution in [2.24, 2.45) is 0 Å². The van der Waals surface area contributed by atoms with Gasteiger partial charge in [0.1, 0.15) is 0 Å². The SMILES string of the molecule is COc1ccc(C(C)NC(=O)N2CCN(c3ncccn3)CC2)cc1OC. The van der Waals surface area contributed by atoms with E-state index in [0.717, 1.165) is 5.56 Å². The van der Waals surface area contributed by atoms with Crippen LogP contribution in [-0.4, -0.2) is 61.3 Å². The maximum Gasteiger partial charge on any atom is 0.317 e. The monoisotopic (exact) mass is 371 g/mol. The average molecular weight is 371 g/mol. The molecule has 144 valence electrons. The summed E-state index contributed by atoms with van der Waals surface area (Å²) in [6, 6.07) is 7.22. The first kappa shape index (κ1) is 18.8. The Labute approximate surface area is 159 Å². The van der Waals surface area contributed by atoms with Gasteiger partial charge in [0.15, 0.2) is 11.5 Å². The van der Waals surface area contributed by atoms with Crippen molar-refractivity contribution in [2.75, 3.05) is 45.3 Å². The van der Waals surface area contributed by atoms with Crippen LogP contribution >= 0.6 is 0 Å². The summed E-state index contributed by atoms with van der Waals surface area (Å²) in [5, 5.41) is 3.05. The molecule has 2 aromatic rings. The first-order valence-electron chi connectivity index (χ1n) is 8.91. The Balaban J connectivity index is 1.56. The van der Waals surface area contributed by atoms with E-state index in [2.05, 4.69) is 20.2 Å². The molecule has 3 rings (SSSR count). The number of rotatable bonds is 5. The number of piperazine rings is 1. The fourth-order valence-electron chi connectivity index (χ4n) is 3.05. The topological polar surface area (TPSA) is 79.8 Å². The minimum Gasteiger partial charge on any atom is -0.493 e. The summed E-state index contributed by atoms with van der Waals surface area (Å²) in [5.74, 6) is 2.02. The quantitative estimate of drug-likeness (QED) is 0.867. The van der Waals surface area contributed by atoms with Gasteiger partial charge in [0.05, 0.1) is 20.3 Å². The van der Waals surface area contributed by atoms with Crippen LogP contribution in [0.15, 0.2) is 36.7 Å². The summed E-state index contributed by atoms with van der Waals surface area (Å²) in [5.41, 5.74) is 0.956. The van der Waals surface area contributed by atoms with Crippen LogP contribution in [-0.2, 0) is 0 Å². The van der Waals surface area contributed by atoms with Crippen LogP contribution in [0, 0.1) is 0 Å². The van der Waals surface area contributed by atoms with Crippen molar-refractivity contribution in [3.8, 4) is 11.5 Å². The van der Waals surface area contributed by atoms with E-state index in [4.69, 9.17) is 9.47 Å². The van der Waals surface area contributed by atoms with Crippen LogP contribution in [0.25, 0.3) is 0 Å². The molecule has 0 bridgehead atoms. The van der Waals surface area contributed by atoms with Crippen LogP contribution < -0.4 is 19.7 Å². The fourth-order valence-corrected chi connectivity index (χ4v) is 3.05. The summed E-state index contributed by atoms with van der Waals surface area (Å²) in [4.78, 5) is 25.0. The van der Waals surface area contributed by atoms with Crippen molar-refractivity contribution in [1.29, 1.82) is 0 Å². The number of anilines is 1. The smallest absolute Gasteiger partial charge is 0.317 e. The number of carbonyl (C=O) groups excluding carboxylic acids is 1. The number of nitrogens with one attached hydrogen (secondary N) is 1. The van der Waals surface area contributed by atoms with Gasteiger partial charge in [-0.2, -0.15) is 0 Å². The minimum absolute atomic E-state index is 0.0779. The molecule has 8 nitrogen and oxygen atoms in total. The average Bonchev–Trinajstić information content (AvgIpc) is 2.73. The number of aromatic nitrogens is 2. The molecule has 1 unspecified atom stereocenters. The highest BCUT2D eigenvalue weighted by Crippen LogP contribution is 2.29. The van der Waals surface area contributed by atoms with Gasteiger partial charge in [0.25, 0.3) is 0 Å². The van der Waals surface area contributed by atoms with Crippen molar-refractivity contribution in [1.82, 2.24) is 20.2 Å². The van der Waals surface area contributed by atoms with Gasteiger partial charge in [-0.05, 0) is 30.7 Å². The third-order valence-electron chi connectivity index (χ3n) is 4.65. The molecule has 8 heteroatoms. The zero-order valence-corrected chi connectivity index (χ0v) is 15.9. The number of hydrogen-bond acceptors (Lipinski definition) is 6. The molecule has 1 atom stereocenters. The molecule has 1 aliphatic rings. The molecule has 0 radical (unpaired) electrons. The maximum absolute atomic E-state index is 12.6. The Morgan fingerprint density at radius 1 is 1.07 bits per heavy atom. The fraction of sp³-hybridized carbons (Fsp3) is 0.421. The second-order valence-electron chi connectivity index (χ2n) is 6.31. The molecule has 2 heterocycles. The zero-order chi connectivity index (χ0) is 19.2. The molecule has 1 aromatic heterocycles. The van der Waals surface area contributed by atoms with E-state index in [-0.39, 0.29) is 12.1 Å². The second kappa shape index (κ2) is 8.57. The number of carbonyl (C=O) groups is 1. The van der Waals surface area contributed by atoms with Crippen molar-refractivity contribution in [3.05, 3.63) is 42.2 Å². The van der Waals surface area contributed by atoms with Crippen molar-refractivity contribution in [3.63, 3.8) is 0 Å². The highest BCUT2D eigenvalue weighted by Gasteiger charge is 2.23. The number of nitrogens with zero attached hydrogens (tertiary/aromatic N) is 4. The highest BCUT2D eigenvalue weighted by atomic mass is 16.5. The van der Waals surface area contributed by atoms with E-state index in [1.165, 1.54) is 0 Å². The molecular weight excluding hydrogens is 346 g/mol.